The van der Waals surface area contributed by atoms with E-state index in [1.165, 1.54) is 0 Å². The van der Waals surface area contributed by atoms with Gasteiger partial charge in [-0.1, -0.05) is 26.7 Å². The average molecular weight is 258 g/mol. The average Bonchev–Trinajstić information content (AvgIpc) is 2.36. The van der Waals surface area contributed by atoms with Gasteiger partial charge >= 0.3 is 0 Å². The van der Waals surface area contributed by atoms with Crippen LogP contribution in [-0.4, -0.2) is 29.7 Å². The van der Waals surface area contributed by atoms with Crippen molar-refractivity contribution in [2.24, 2.45) is 11.7 Å². The largest absolute Gasteiger partial charge is 0.394 e. The predicted octanol–water partition coefficient (Wildman–Crippen LogP) is 1.81. The Balaban J connectivity index is 4.07. The van der Waals surface area contributed by atoms with E-state index in [-0.39, 0.29) is 12.5 Å². The summed E-state index contributed by atoms with van der Waals surface area (Å²) in [5.74, 6) is 0.583. The Kier molecular flexibility index (Phi) is 9.02. The topological polar surface area (TPSA) is 75.4 Å². The Bertz CT molecular complexity index is 222. The van der Waals surface area contributed by atoms with E-state index in [2.05, 4.69) is 12.2 Å². The van der Waals surface area contributed by atoms with Crippen molar-refractivity contribution >= 4 is 5.91 Å². The summed E-state index contributed by atoms with van der Waals surface area (Å²) in [6.45, 7) is 6.66. The fourth-order valence-corrected chi connectivity index (χ4v) is 2.05. The van der Waals surface area contributed by atoms with E-state index < -0.39 is 5.54 Å². The zero-order valence-corrected chi connectivity index (χ0v) is 12.2. The molecule has 0 saturated carbocycles. The first kappa shape index (κ1) is 17.4. The molecule has 0 aromatic carbocycles. The highest BCUT2D eigenvalue weighted by molar-refractivity contribution is 5.76. The quantitative estimate of drug-likeness (QED) is 0.559. The fraction of sp³-hybridized carbons (Fsp3) is 0.929. The highest BCUT2D eigenvalue weighted by Crippen LogP contribution is 2.17. The van der Waals surface area contributed by atoms with Crippen molar-refractivity contribution in [3.8, 4) is 0 Å². The predicted molar refractivity (Wildman–Crippen MR) is 75.2 cm³/mol. The molecule has 0 aliphatic heterocycles. The molecule has 0 aromatic rings. The van der Waals surface area contributed by atoms with Crippen LogP contribution >= 0.6 is 0 Å². The molecule has 0 radical (unpaired) electrons. The number of rotatable bonds is 10. The van der Waals surface area contributed by atoms with Gasteiger partial charge in [0.15, 0.2) is 0 Å². The van der Waals surface area contributed by atoms with E-state index in [1.54, 1.807) is 0 Å². The highest BCUT2D eigenvalue weighted by atomic mass is 16.3. The van der Waals surface area contributed by atoms with E-state index in [4.69, 9.17) is 5.73 Å². The third-order valence-corrected chi connectivity index (χ3v) is 3.62. The van der Waals surface area contributed by atoms with Crippen LogP contribution < -0.4 is 11.1 Å². The van der Waals surface area contributed by atoms with Gasteiger partial charge in [-0.3, -0.25) is 4.79 Å². The molecule has 1 amide bonds. The van der Waals surface area contributed by atoms with E-state index in [0.29, 0.717) is 18.9 Å². The number of nitrogens with two attached hydrogens (primary N) is 1. The first-order valence-corrected chi connectivity index (χ1v) is 7.13. The van der Waals surface area contributed by atoms with Crippen molar-refractivity contribution in [1.29, 1.82) is 0 Å². The number of carbonyl (C=O) groups excluding carboxylic acids is 1. The SMILES string of the molecule is CCCC(CCN)CCC(=O)NC(C)(CC)CO. The minimum absolute atomic E-state index is 0.0174. The summed E-state index contributed by atoms with van der Waals surface area (Å²) in [6.07, 6.45) is 5.41. The number of aliphatic hydroxyl groups is 1. The second-order valence-corrected chi connectivity index (χ2v) is 5.39. The van der Waals surface area contributed by atoms with Gasteiger partial charge in [-0.2, -0.15) is 0 Å². The molecule has 2 unspecified atom stereocenters. The summed E-state index contributed by atoms with van der Waals surface area (Å²) in [4.78, 5) is 11.8. The fourth-order valence-electron chi connectivity index (χ4n) is 2.05. The van der Waals surface area contributed by atoms with Crippen LogP contribution in [0.5, 0.6) is 0 Å². The van der Waals surface area contributed by atoms with Gasteiger partial charge in [0.05, 0.1) is 12.1 Å². The lowest BCUT2D eigenvalue weighted by Gasteiger charge is -2.27. The Morgan fingerprint density at radius 2 is 2.00 bits per heavy atom. The van der Waals surface area contributed by atoms with Crippen LogP contribution in [0.25, 0.3) is 0 Å². The normalized spacial score (nSPS) is 16.1. The lowest BCUT2D eigenvalue weighted by molar-refractivity contribution is -0.123. The standard InChI is InChI=1S/C14H30N2O2/c1-4-6-12(9-10-15)7-8-13(18)16-14(3,5-2)11-17/h12,17H,4-11,15H2,1-3H3,(H,16,18). The van der Waals surface area contributed by atoms with Crippen molar-refractivity contribution in [2.45, 2.75) is 64.8 Å². The molecule has 0 aliphatic carbocycles. The molecular formula is C14H30N2O2. The van der Waals surface area contributed by atoms with Gasteiger partial charge in [-0.25, -0.2) is 0 Å². The molecule has 18 heavy (non-hydrogen) atoms. The molecule has 0 fully saturated rings. The van der Waals surface area contributed by atoms with Crippen molar-refractivity contribution in [2.75, 3.05) is 13.2 Å². The number of hydrogen-bond acceptors (Lipinski definition) is 3. The van der Waals surface area contributed by atoms with Gasteiger partial charge in [-0.15, -0.1) is 0 Å². The van der Waals surface area contributed by atoms with E-state index in [1.807, 2.05) is 13.8 Å². The molecular weight excluding hydrogens is 228 g/mol. The van der Waals surface area contributed by atoms with Gasteiger partial charge in [-0.05, 0) is 38.6 Å². The zero-order chi connectivity index (χ0) is 14.0. The molecule has 0 saturated heterocycles. The minimum Gasteiger partial charge on any atom is -0.394 e. The Hall–Kier alpha value is -0.610. The summed E-state index contributed by atoms with van der Waals surface area (Å²) in [5, 5.41) is 12.2. The van der Waals surface area contributed by atoms with Gasteiger partial charge in [0.1, 0.15) is 0 Å². The Morgan fingerprint density at radius 3 is 2.44 bits per heavy atom. The van der Waals surface area contributed by atoms with Crippen LogP contribution in [0.3, 0.4) is 0 Å². The second kappa shape index (κ2) is 9.34. The van der Waals surface area contributed by atoms with E-state index in [9.17, 15) is 9.90 Å². The molecule has 0 spiro atoms. The van der Waals surface area contributed by atoms with Gasteiger partial charge in [0.2, 0.25) is 5.91 Å². The third kappa shape index (κ3) is 6.97. The van der Waals surface area contributed by atoms with Crippen molar-refractivity contribution in [3.05, 3.63) is 0 Å². The summed E-state index contributed by atoms with van der Waals surface area (Å²) in [5.41, 5.74) is 5.10. The summed E-state index contributed by atoms with van der Waals surface area (Å²) < 4.78 is 0. The maximum Gasteiger partial charge on any atom is 0.220 e. The first-order valence-electron chi connectivity index (χ1n) is 7.13. The van der Waals surface area contributed by atoms with Gasteiger partial charge < -0.3 is 16.2 Å². The molecule has 0 aliphatic rings. The summed E-state index contributed by atoms with van der Waals surface area (Å²) in [7, 11) is 0. The number of aliphatic hydroxyl groups excluding tert-OH is 1. The van der Waals surface area contributed by atoms with Crippen molar-refractivity contribution < 1.29 is 9.90 Å². The minimum atomic E-state index is -0.481. The van der Waals surface area contributed by atoms with Gasteiger partial charge in [0.25, 0.3) is 0 Å². The number of carbonyl (C=O) groups is 1. The van der Waals surface area contributed by atoms with Crippen LogP contribution in [0.15, 0.2) is 0 Å². The molecule has 4 N–H and O–H groups in total. The van der Waals surface area contributed by atoms with Gasteiger partial charge in [0, 0.05) is 6.42 Å². The molecule has 4 nitrogen and oxygen atoms in total. The zero-order valence-electron chi connectivity index (χ0n) is 12.2. The van der Waals surface area contributed by atoms with E-state index >= 15 is 0 Å². The second-order valence-electron chi connectivity index (χ2n) is 5.39. The van der Waals surface area contributed by atoms with Crippen LogP contribution in [-0.2, 0) is 4.79 Å². The molecule has 108 valence electrons. The monoisotopic (exact) mass is 258 g/mol. The molecule has 0 heterocycles. The van der Waals surface area contributed by atoms with Crippen LogP contribution in [0, 0.1) is 5.92 Å². The van der Waals surface area contributed by atoms with Crippen LogP contribution in [0.2, 0.25) is 0 Å². The lowest BCUT2D eigenvalue weighted by Crippen LogP contribution is -2.48. The molecule has 0 aromatic heterocycles. The number of nitrogens with one attached hydrogen (secondary N) is 1. The smallest absolute Gasteiger partial charge is 0.220 e. The lowest BCUT2D eigenvalue weighted by atomic mass is 9.93. The summed E-state index contributed by atoms with van der Waals surface area (Å²) >= 11 is 0. The van der Waals surface area contributed by atoms with Crippen LogP contribution in [0.4, 0.5) is 0 Å². The number of hydrogen-bond donors (Lipinski definition) is 3. The summed E-state index contributed by atoms with van der Waals surface area (Å²) in [6, 6.07) is 0. The Labute approximate surface area is 111 Å². The van der Waals surface area contributed by atoms with Crippen molar-refractivity contribution in [1.82, 2.24) is 5.32 Å². The van der Waals surface area contributed by atoms with E-state index in [0.717, 1.165) is 32.1 Å². The van der Waals surface area contributed by atoms with Crippen molar-refractivity contribution in [3.63, 3.8) is 0 Å². The Morgan fingerprint density at radius 1 is 1.33 bits per heavy atom. The first-order chi connectivity index (χ1) is 8.51. The number of amides is 1. The maximum atomic E-state index is 11.8. The molecule has 4 heteroatoms. The molecule has 0 rings (SSSR count). The molecule has 0 bridgehead atoms. The van der Waals surface area contributed by atoms with Crippen LogP contribution in [0.1, 0.15) is 59.3 Å². The maximum absolute atomic E-state index is 11.8. The molecule has 2 atom stereocenters. The third-order valence-electron chi connectivity index (χ3n) is 3.62. The highest BCUT2D eigenvalue weighted by Gasteiger charge is 2.23.